The minimum atomic E-state index is -0.483. The van der Waals surface area contributed by atoms with E-state index in [9.17, 15) is 4.79 Å². The van der Waals surface area contributed by atoms with Crippen LogP contribution < -0.4 is 0 Å². The summed E-state index contributed by atoms with van der Waals surface area (Å²) in [6, 6.07) is 3.56. The molecule has 100 valence electrons. The molecule has 0 saturated heterocycles. The number of carbonyl (C=O) groups is 1. The lowest BCUT2D eigenvalue weighted by molar-refractivity contribution is 0.0244. The maximum atomic E-state index is 11.9. The highest BCUT2D eigenvalue weighted by atomic mass is 35.5. The van der Waals surface area contributed by atoms with Gasteiger partial charge in [-0.3, -0.25) is 0 Å². The van der Waals surface area contributed by atoms with Crippen molar-refractivity contribution in [2.24, 2.45) is 0 Å². The Morgan fingerprint density at radius 2 is 2.11 bits per heavy atom. The molecule has 1 aromatic heterocycles. The molecule has 1 heterocycles. The molecule has 0 aromatic carbocycles. The molecule has 0 fully saturated rings. The molecule has 0 atom stereocenters. The SMILES string of the molecule is CCN(Cc1ccc(Cl)nc1)C(=O)OC(C)(C)C. The number of ether oxygens (including phenoxy) is 1. The lowest BCUT2D eigenvalue weighted by Gasteiger charge is -2.26. The van der Waals surface area contributed by atoms with E-state index in [4.69, 9.17) is 16.3 Å². The van der Waals surface area contributed by atoms with Crippen LogP contribution in [0.5, 0.6) is 0 Å². The molecule has 0 spiro atoms. The Kier molecular flexibility index (Phi) is 4.96. The van der Waals surface area contributed by atoms with Crippen molar-refractivity contribution in [1.82, 2.24) is 9.88 Å². The van der Waals surface area contributed by atoms with Crippen LogP contribution in [-0.2, 0) is 11.3 Å². The van der Waals surface area contributed by atoms with E-state index in [1.807, 2.05) is 33.8 Å². The van der Waals surface area contributed by atoms with E-state index >= 15 is 0 Å². The summed E-state index contributed by atoms with van der Waals surface area (Å²) in [5, 5.41) is 0.444. The summed E-state index contributed by atoms with van der Waals surface area (Å²) in [6.45, 7) is 8.51. The maximum absolute atomic E-state index is 11.9. The van der Waals surface area contributed by atoms with Gasteiger partial charge in [-0.25, -0.2) is 9.78 Å². The van der Waals surface area contributed by atoms with Crippen molar-refractivity contribution in [2.75, 3.05) is 6.54 Å². The van der Waals surface area contributed by atoms with Gasteiger partial charge in [0.1, 0.15) is 10.8 Å². The molecule has 0 aliphatic rings. The molecule has 4 nitrogen and oxygen atoms in total. The van der Waals surface area contributed by atoms with Gasteiger partial charge in [0.15, 0.2) is 0 Å². The lowest BCUT2D eigenvalue weighted by Crippen LogP contribution is -2.36. The van der Waals surface area contributed by atoms with Crippen LogP contribution in [0.1, 0.15) is 33.3 Å². The van der Waals surface area contributed by atoms with Gasteiger partial charge in [-0.1, -0.05) is 17.7 Å². The number of aromatic nitrogens is 1. The highest BCUT2D eigenvalue weighted by Crippen LogP contribution is 2.13. The Morgan fingerprint density at radius 1 is 1.44 bits per heavy atom. The summed E-state index contributed by atoms with van der Waals surface area (Å²) in [4.78, 5) is 17.5. The Morgan fingerprint density at radius 3 is 2.56 bits per heavy atom. The molecule has 0 aliphatic carbocycles. The molecule has 1 aromatic rings. The van der Waals surface area contributed by atoms with Crippen LogP contribution in [0.3, 0.4) is 0 Å². The van der Waals surface area contributed by atoms with Gasteiger partial charge < -0.3 is 9.64 Å². The van der Waals surface area contributed by atoms with Crippen molar-refractivity contribution in [3.63, 3.8) is 0 Å². The Bertz CT molecular complexity index is 398. The third-order valence-electron chi connectivity index (χ3n) is 2.20. The van der Waals surface area contributed by atoms with E-state index in [1.54, 1.807) is 17.2 Å². The van der Waals surface area contributed by atoms with Crippen LogP contribution in [0.15, 0.2) is 18.3 Å². The largest absolute Gasteiger partial charge is 0.444 e. The van der Waals surface area contributed by atoms with E-state index in [1.165, 1.54) is 0 Å². The standard InChI is InChI=1S/C13H19ClN2O2/c1-5-16(12(17)18-13(2,3)4)9-10-6-7-11(14)15-8-10/h6-8H,5,9H2,1-4H3. The van der Waals surface area contributed by atoms with Gasteiger partial charge in [0, 0.05) is 12.7 Å². The average molecular weight is 271 g/mol. The van der Waals surface area contributed by atoms with Crippen molar-refractivity contribution in [3.8, 4) is 0 Å². The highest BCUT2D eigenvalue weighted by molar-refractivity contribution is 6.29. The third-order valence-corrected chi connectivity index (χ3v) is 2.42. The molecule has 18 heavy (non-hydrogen) atoms. The fourth-order valence-electron chi connectivity index (χ4n) is 1.35. The summed E-state index contributed by atoms with van der Waals surface area (Å²) in [5.41, 5.74) is 0.440. The van der Waals surface area contributed by atoms with Gasteiger partial charge in [-0.15, -0.1) is 0 Å². The van der Waals surface area contributed by atoms with Gasteiger partial charge in [0.2, 0.25) is 0 Å². The van der Waals surface area contributed by atoms with Crippen molar-refractivity contribution in [1.29, 1.82) is 0 Å². The molecule has 1 amide bonds. The quantitative estimate of drug-likeness (QED) is 0.790. The summed E-state index contributed by atoms with van der Waals surface area (Å²) in [7, 11) is 0. The minimum Gasteiger partial charge on any atom is -0.444 e. The zero-order chi connectivity index (χ0) is 13.8. The molecule has 0 bridgehead atoms. The monoisotopic (exact) mass is 270 g/mol. The van der Waals surface area contributed by atoms with E-state index in [-0.39, 0.29) is 6.09 Å². The van der Waals surface area contributed by atoms with E-state index < -0.39 is 5.60 Å². The fourth-order valence-corrected chi connectivity index (χ4v) is 1.46. The summed E-state index contributed by atoms with van der Waals surface area (Å²) in [5.74, 6) is 0. The summed E-state index contributed by atoms with van der Waals surface area (Å²) >= 11 is 5.72. The smallest absolute Gasteiger partial charge is 0.410 e. The first-order valence-electron chi connectivity index (χ1n) is 5.90. The second-order valence-electron chi connectivity index (χ2n) is 4.98. The average Bonchev–Trinajstić information content (AvgIpc) is 2.25. The van der Waals surface area contributed by atoms with Gasteiger partial charge in [0.25, 0.3) is 0 Å². The molecule has 0 unspecified atom stereocenters. The van der Waals surface area contributed by atoms with Gasteiger partial charge >= 0.3 is 6.09 Å². The Hall–Kier alpha value is -1.29. The highest BCUT2D eigenvalue weighted by Gasteiger charge is 2.21. The van der Waals surface area contributed by atoms with Crippen molar-refractivity contribution in [3.05, 3.63) is 29.0 Å². The van der Waals surface area contributed by atoms with Gasteiger partial charge in [-0.2, -0.15) is 0 Å². The van der Waals surface area contributed by atoms with Crippen LogP contribution in [0.2, 0.25) is 5.15 Å². The van der Waals surface area contributed by atoms with Crippen LogP contribution >= 0.6 is 11.6 Å². The van der Waals surface area contributed by atoms with Crippen molar-refractivity contribution < 1.29 is 9.53 Å². The maximum Gasteiger partial charge on any atom is 0.410 e. The van der Waals surface area contributed by atoms with Crippen molar-refractivity contribution >= 4 is 17.7 Å². The molecule has 1 rings (SSSR count). The molecule has 5 heteroatoms. The number of amides is 1. The number of hydrogen-bond acceptors (Lipinski definition) is 3. The predicted octanol–water partition coefficient (Wildman–Crippen LogP) is 3.49. The van der Waals surface area contributed by atoms with Crippen LogP contribution in [0.25, 0.3) is 0 Å². The predicted molar refractivity (Wildman–Crippen MR) is 71.6 cm³/mol. The normalized spacial score (nSPS) is 11.2. The number of carbonyl (C=O) groups excluding carboxylic acids is 1. The van der Waals surface area contributed by atoms with Crippen LogP contribution in [-0.4, -0.2) is 28.1 Å². The van der Waals surface area contributed by atoms with E-state index in [0.717, 1.165) is 5.56 Å². The van der Waals surface area contributed by atoms with Crippen LogP contribution in [0.4, 0.5) is 4.79 Å². The zero-order valence-electron chi connectivity index (χ0n) is 11.2. The van der Waals surface area contributed by atoms with E-state index in [0.29, 0.717) is 18.2 Å². The van der Waals surface area contributed by atoms with E-state index in [2.05, 4.69) is 4.98 Å². The second kappa shape index (κ2) is 6.05. The van der Waals surface area contributed by atoms with Crippen LogP contribution in [0, 0.1) is 0 Å². The zero-order valence-corrected chi connectivity index (χ0v) is 12.0. The first-order valence-corrected chi connectivity index (χ1v) is 6.28. The fraction of sp³-hybridized carbons (Fsp3) is 0.538. The second-order valence-corrected chi connectivity index (χ2v) is 5.37. The molecular weight excluding hydrogens is 252 g/mol. The molecular formula is C13H19ClN2O2. The number of nitrogens with zero attached hydrogens (tertiary/aromatic N) is 2. The molecule has 0 saturated carbocycles. The first kappa shape index (κ1) is 14.8. The molecule has 0 radical (unpaired) electrons. The number of pyridine rings is 1. The molecule has 0 aliphatic heterocycles. The lowest BCUT2D eigenvalue weighted by atomic mass is 10.2. The number of hydrogen-bond donors (Lipinski definition) is 0. The van der Waals surface area contributed by atoms with Gasteiger partial charge in [0.05, 0.1) is 6.54 Å². The van der Waals surface area contributed by atoms with Gasteiger partial charge in [-0.05, 0) is 39.3 Å². The summed E-state index contributed by atoms with van der Waals surface area (Å²) in [6.07, 6.45) is 1.34. The summed E-state index contributed by atoms with van der Waals surface area (Å²) < 4.78 is 5.33. The molecule has 0 N–H and O–H groups in total. The Balaban J connectivity index is 2.67. The third kappa shape index (κ3) is 4.92. The Labute approximate surface area is 113 Å². The van der Waals surface area contributed by atoms with Crippen molar-refractivity contribution in [2.45, 2.75) is 39.8 Å². The number of halogens is 1. The topological polar surface area (TPSA) is 42.4 Å². The minimum absolute atomic E-state index is 0.319. The first-order chi connectivity index (χ1) is 8.31. The number of rotatable bonds is 3.